The summed E-state index contributed by atoms with van der Waals surface area (Å²) in [4.78, 5) is 0. The number of hydrogen-bond acceptors (Lipinski definition) is 5. The molecule has 0 unspecified atom stereocenters. The van der Waals surface area contributed by atoms with Gasteiger partial charge in [0.1, 0.15) is 0 Å². The van der Waals surface area contributed by atoms with Gasteiger partial charge in [-0.1, -0.05) is 0 Å². The molecule has 0 spiro atoms. The summed E-state index contributed by atoms with van der Waals surface area (Å²) >= 11 is 0. The Balaban J connectivity index is 1.75. The van der Waals surface area contributed by atoms with Crippen molar-refractivity contribution >= 4 is 20.0 Å². The van der Waals surface area contributed by atoms with Gasteiger partial charge in [-0.3, -0.25) is 0 Å². The van der Waals surface area contributed by atoms with Crippen molar-refractivity contribution in [3.63, 3.8) is 0 Å². The minimum Gasteiger partial charge on any atom is -0.314 e. The Labute approximate surface area is 121 Å². The van der Waals surface area contributed by atoms with Crippen molar-refractivity contribution in [2.45, 2.75) is 25.3 Å². The number of hydrogen-bond donors (Lipinski definition) is 1. The van der Waals surface area contributed by atoms with Crippen molar-refractivity contribution in [3.05, 3.63) is 0 Å². The maximum atomic E-state index is 12.1. The van der Waals surface area contributed by atoms with E-state index >= 15 is 0 Å². The average molecular weight is 325 g/mol. The molecule has 2 fully saturated rings. The molecule has 1 aliphatic heterocycles. The second-order valence-electron chi connectivity index (χ2n) is 5.46. The predicted octanol–water partition coefficient (Wildman–Crippen LogP) is -0.964. The second-order valence-corrected chi connectivity index (χ2v) is 9.53. The van der Waals surface area contributed by atoms with Gasteiger partial charge in [-0.15, -0.1) is 0 Å². The molecule has 0 aromatic heterocycles. The van der Waals surface area contributed by atoms with Crippen LogP contribution >= 0.6 is 0 Å². The first-order valence-corrected chi connectivity index (χ1v) is 10.4. The van der Waals surface area contributed by atoms with Gasteiger partial charge in [0.25, 0.3) is 0 Å². The van der Waals surface area contributed by atoms with E-state index in [-0.39, 0.29) is 31.9 Å². The third-order valence-corrected chi connectivity index (χ3v) is 6.91. The van der Waals surface area contributed by atoms with E-state index in [0.717, 1.165) is 12.8 Å². The Hall–Kier alpha value is -0.220. The number of nitrogens with one attached hydrogen (secondary N) is 1. The molecule has 0 atom stereocenters. The van der Waals surface area contributed by atoms with Crippen LogP contribution in [0, 0.1) is 0 Å². The van der Waals surface area contributed by atoms with E-state index in [1.165, 1.54) is 21.5 Å². The predicted molar refractivity (Wildman–Crippen MR) is 77.4 cm³/mol. The van der Waals surface area contributed by atoms with Gasteiger partial charge in [0.05, 0.1) is 12.0 Å². The van der Waals surface area contributed by atoms with Crippen molar-refractivity contribution in [3.8, 4) is 0 Å². The molecule has 1 saturated heterocycles. The SMILES string of the molecule is CS(=O)(=O)N1CCN(S(=O)(=O)CCCNC2CC2)CC1. The van der Waals surface area contributed by atoms with E-state index in [0.29, 0.717) is 12.5 Å². The molecule has 118 valence electrons. The van der Waals surface area contributed by atoms with E-state index in [9.17, 15) is 16.8 Å². The average Bonchev–Trinajstić information content (AvgIpc) is 3.18. The normalized spacial score (nSPS) is 23.1. The van der Waals surface area contributed by atoms with Crippen LogP contribution in [0.3, 0.4) is 0 Å². The maximum Gasteiger partial charge on any atom is 0.214 e. The zero-order chi connectivity index (χ0) is 14.8. The first kappa shape index (κ1) is 16.2. The molecule has 20 heavy (non-hydrogen) atoms. The van der Waals surface area contributed by atoms with Crippen LogP contribution in [0.1, 0.15) is 19.3 Å². The monoisotopic (exact) mass is 325 g/mol. The van der Waals surface area contributed by atoms with Crippen LogP contribution in [0.2, 0.25) is 0 Å². The van der Waals surface area contributed by atoms with Gasteiger partial charge < -0.3 is 5.32 Å². The Bertz CT molecular complexity index is 520. The molecule has 7 nitrogen and oxygen atoms in total. The standard InChI is InChI=1S/C11H23N3O4S2/c1-19(15,16)13-6-8-14(9-7-13)20(17,18)10-2-5-12-11-3-4-11/h11-12H,2-10H2,1H3. The van der Waals surface area contributed by atoms with Crippen LogP contribution < -0.4 is 5.32 Å². The van der Waals surface area contributed by atoms with Gasteiger partial charge in [-0.2, -0.15) is 8.61 Å². The Kier molecular flexibility index (Phi) is 5.06. The van der Waals surface area contributed by atoms with Gasteiger partial charge in [0.2, 0.25) is 20.0 Å². The smallest absolute Gasteiger partial charge is 0.214 e. The zero-order valence-electron chi connectivity index (χ0n) is 11.8. The molecule has 0 amide bonds. The first-order valence-electron chi connectivity index (χ1n) is 6.95. The van der Waals surface area contributed by atoms with Crippen molar-refractivity contribution in [2.75, 3.05) is 44.7 Å². The quantitative estimate of drug-likeness (QED) is 0.609. The third kappa shape index (κ3) is 4.66. The molecule has 9 heteroatoms. The fraction of sp³-hybridized carbons (Fsp3) is 1.00. The minimum atomic E-state index is -3.26. The van der Waals surface area contributed by atoms with Gasteiger partial charge in [0, 0.05) is 32.2 Å². The highest BCUT2D eigenvalue weighted by Gasteiger charge is 2.30. The van der Waals surface area contributed by atoms with E-state index in [1.54, 1.807) is 0 Å². The number of nitrogens with zero attached hydrogens (tertiary/aromatic N) is 2. The molecule has 1 aliphatic carbocycles. The molecular formula is C11H23N3O4S2. The molecule has 1 saturated carbocycles. The van der Waals surface area contributed by atoms with Crippen molar-refractivity contribution in [2.24, 2.45) is 0 Å². The number of sulfonamides is 2. The molecule has 0 aromatic carbocycles. The number of piperazine rings is 1. The fourth-order valence-electron chi connectivity index (χ4n) is 2.26. The van der Waals surface area contributed by atoms with Crippen molar-refractivity contribution < 1.29 is 16.8 Å². The van der Waals surface area contributed by atoms with Crippen LogP contribution in [0.5, 0.6) is 0 Å². The molecule has 0 bridgehead atoms. The number of rotatable bonds is 7. The summed E-state index contributed by atoms with van der Waals surface area (Å²) in [5.41, 5.74) is 0. The summed E-state index contributed by atoms with van der Waals surface area (Å²) in [7, 11) is -6.47. The summed E-state index contributed by atoms with van der Waals surface area (Å²) in [5.74, 6) is 0.131. The highest BCUT2D eigenvalue weighted by Crippen LogP contribution is 2.18. The van der Waals surface area contributed by atoms with Crippen LogP contribution in [0.15, 0.2) is 0 Å². The molecule has 1 heterocycles. The second kappa shape index (κ2) is 6.27. The van der Waals surface area contributed by atoms with E-state index < -0.39 is 20.0 Å². The Morgan fingerprint density at radius 1 is 1.00 bits per heavy atom. The molecule has 2 aliphatic rings. The van der Waals surface area contributed by atoms with Gasteiger partial charge in [-0.25, -0.2) is 16.8 Å². The third-order valence-electron chi connectivity index (χ3n) is 3.65. The lowest BCUT2D eigenvalue weighted by Gasteiger charge is -2.32. The molecule has 1 N–H and O–H groups in total. The minimum absolute atomic E-state index is 0.131. The highest BCUT2D eigenvalue weighted by atomic mass is 32.2. The summed E-state index contributed by atoms with van der Waals surface area (Å²) in [6.45, 7) is 1.74. The highest BCUT2D eigenvalue weighted by molar-refractivity contribution is 7.89. The Morgan fingerprint density at radius 3 is 2.05 bits per heavy atom. The molecule has 0 radical (unpaired) electrons. The van der Waals surface area contributed by atoms with Gasteiger partial charge in [0.15, 0.2) is 0 Å². The molecular weight excluding hydrogens is 302 g/mol. The van der Waals surface area contributed by atoms with Crippen molar-refractivity contribution in [1.82, 2.24) is 13.9 Å². The van der Waals surface area contributed by atoms with Crippen LogP contribution in [0.4, 0.5) is 0 Å². The van der Waals surface area contributed by atoms with Crippen LogP contribution in [-0.2, 0) is 20.0 Å². The lowest BCUT2D eigenvalue weighted by atomic mass is 10.4. The van der Waals surface area contributed by atoms with Gasteiger partial charge in [-0.05, 0) is 25.8 Å². The van der Waals surface area contributed by atoms with Crippen molar-refractivity contribution in [1.29, 1.82) is 0 Å². The molecule has 0 aromatic rings. The summed E-state index contributed by atoms with van der Waals surface area (Å²) in [6, 6.07) is 0.594. The lowest BCUT2D eigenvalue weighted by molar-refractivity contribution is 0.274. The zero-order valence-corrected chi connectivity index (χ0v) is 13.4. The topological polar surface area (TPSA) is 86.8 Å². The van der Waals surface area contributed by atoms with Gasteiger partial charge >= 0.3 is 0 Å². The fourth-order valence-corrected chi connectivity index (χ4v) is 4.57. The summed E-state index contributed by atoms with van der Waals surface area (Å²) in [6.07, 6.45) is 4.15. The van der Waals surface area contributed by atoms with Crippen LogP contribution in [0.25, 0.3) is 0 Å². The maximum absolute atomic E-state index is 12.1. The first-order chi connectivity index (χ1) is 9.29. The summed E-state index contributed by atoms with van der Waals surface area (Å²) < 4.78 is 49.7. The lowest BCUT2D eigenvalue weighted by Crippen LogP contribution is -2.50. The summed E-state index contributed by atoms with van der Waals surface area (Å²) in [5, 5.41) is 3.29. The van der Waals surface area contributed by atoms with E-state index in [2.05, 4.69) is 5.32 Å². The molecule has 2 rings (SSSR count). The van der Waals surface area contributed by atoms with E-state index in [4.69, 9.17) is 0 Å². The van der Waals surface area contributed by atoms with Crippen LogP contribution in [-0.4, -0.2) is 76.2 Å². The van der Waals surface area contributed by atoms with E-state index in [1.807, 2.05) is 0 Å². The largest absolute Gasteiger partial charge is 0.314 e. The Morgan fingerprint density at radius 2 is 1.55 bits per heavy atom.